The molecule has 0 aromatic heterocycles. The molecule has 4 N–H and O–H groups in total. The summed E-state index contributed by atoms with van der Waals surface area (Å²) >= 11 is 0. The molecule has 0 bridgehead atoms. The monoisotopic (exact) mass is 578 g/mol. The lowest BCUT2D eigenvalue weighted by atomic mass is 10.2. The predicted molar refractivity (Wildman–Crippen MR) is 166 cm³/mol. The van der Waals surface area contributed by atoms with Crippen LogP contribution in [-0.2, 0) is 9.59 Å². The number of hydrogen-bond acceptors (Lipinski definition) is 10. The third-order valence-electron chi connectivity index (χ3n) is 6.30. The van der Waals surface area contributed by atoms with Crippen LogP contribution >= 0.6 is 0 Å². The van der Waals surface area contributed by atoms with Crippen molar-refractivity contribution in [2.24, 2.45) is 20.5 Å². The summed E-state index contributed by atoms with van der Waals surface area (Å²) in [5, 5.41) is 41.1. The quantitative estimate of drug-likeness (QED) is 0.0872. The first-order valence-corrected chi connectivity index (χ1v) is 14.0. The topological polar surface area (TPSA) is 155 Å². The van der Waals surface area contributed by atoms with Crippen molar-refractivity contribution in [3.8, 4) is 0 Å². The molecular formula is C30H42N8O4. The molecule has 0 unspecified atom stereocenters. The zero-order valence-corrected chi connectivity index (χ0v) is 25.3. The lowest BCUT2D eigenvalue weighted by molar-refractivity contribution is -0.119. The maximum Gasteiger partial charge on any atom is 0.275 e. The molecule has 12 nitrogen and oxygen atoms in total. The Morgan fingerprint density at radius 3 is 1.19 bits per heavy atom. The van der Waals surface area contributed by atoms with E-state index in [2.05, 4.69) is 68.6 Å². The minimum Gasteiger partial charge on any atom is -0.510 e. The van der Waals surface area contributed by atoms with Crippen molar-refractivity contribution in [2.75, 3.05) is 49.1 Å². The lowest BCUT2D eigenvalue weighted by Gasteiger charge is -2.20. The Morgan fingerprint density at radius 2 is 0.929 bits per heavy atom. The first kappa shape index (κ1) is 33.5. The molecule has 0 aliphatic rings. The van der Waals surface area contributed by atoms with Gasteiger partial charge in [-0.25, -0.2) is 0 Å². The lowest BCUT2D eigenvalue weighted by Crippen LogP contribution is -2.35. The van der Waals surface area contributed by atoms with Crippen LogP contribution in [0.25, 0.3) is 0 Å². The molecule has 0 atom stereocenters. The average Bonchev–Trinajstić information content (AvgIpc) is 2.98. The Morgan fingerprint density at radius 1 is 0.619 bits per heavy atom. The van der Waals surface area contributed by atoms with Crippen molar-refractivity contribution in [1.82, 2.24) is 10.6 Å². The van der Waals surface area contributed by atoms with Gasteiger partial charge in [0, 0.05) is 50.6 Å². The molecule has 0 aliphatic heterocycles. The second kappa shape index (κ2) is 17.2. The van der Waals surface area contributed by atoms with Crippen molar-refractivity contribution >= 4 is 34.6 Å². The molecule has 12 heteroatoms. The van der Waals surface area contributed by atoms with Gasteiger partial charge in [0.2, 0.25) is 0 Å². The molecule has 42 heavy (non-hydrogen) atoms. The van der Waals surface area contributed by atoms with Gasteiger partial charge in [-0.15, -0.1) is 10.2 Å². The number of carbonyl (C=O) groups excluding carboxylic acids is 2. The number of carbonyl (C=O) groups is 2. The number of amides is 2. The Balaban J connectivity index is 1.93. The van der Waals surface area contributed by atoms with E-state index in [-0.39, 0.29) is 36.0 Å². The van der Waals surface area contributed by atoms with E-state index in [0.29, 0.717) is 11.4 Å². The number of nitrogens with zero attached hydrogens (tertiary/aromatic N) is 6. The van der Waals surface area contributed by atoms with Crippen LogP contribution in [0.1, 0.15) is 41.5 Å². The van der Waals surface area contributed by atoms with Crippen LogP contribution in [0.5, 0.6) is 0 Å². The second-order valence-electron chi connectivity index (χ2n) is 9.16. The van der Waals surface area contributed by atoms with Crippen LogP contribution in [0.2, 0.25) is 0 Å². The van der Waals surface area contributed by atoms with E-state index in [1.54, 1.807) is 24.3 Å². The Kier molecular flexibility index (Phi) is 13.7. The SMILES string of the molecule is CCN(CC)c1ccc(N=N/C(C(=O)NCCNC(=O)/C(N=Nc2ccc(N(CC)CC)cc2)=C(/C)O)=C(/C)O)cc1. The van der Waals surface area contributed by atoms with Crippen LogP contribution in [0.3, 0.4) is 0 Å². The number of aliphatic hydroxyl groups excluding tert-OH is 2. The van der Waals surface area contributed by atoms with Crippen molar-refractivity contribution in [3.63, 3.8) is 0 Å². The summed E-state index contributed by atoms with van der Waals surface area (Å²) in [5.41, 5.74) is 2.65. The third-order valence-corrected chi connectivity index (χ3v) is 6.30. The van der Waals surface area contributed by atoms with Gasteiger partial charge < -0.3 is 30.6 Å². The van der Waals surface area contributed by atoms with Crippen molar-refractivity contribution in [2.45, 2.75) is 41.5 Å². The number of azo groups is 2. The van der Waals surface area contributed by atoms with Crippen LogP contribution in [0.4, 0.5) is 22.7 Å². The maximum absolute atomic E-state index is 12.6. The van der Waals surface area contributed by atoms with E-state index in [1.807, 2.05) is 24.3 Å². The summed E-state index contributed by atoms with van der Waals surface area (Å²) in [6.45, 7) is 14.5. The van der Waals surface area contributed by atoms with Gasteiger partial charge in [-0.3, -0.25) is 9.59 Å². The molecule has 2 rings (SSSR count). The number of allylic oxidation sites excluding steroid dienone is 2. The Bertz CT molecular complexity index is 1180. The molecule has 2 aromatic carbocycles. The van der Waals surface area contributed by atoms with E-state index in [1.165, 1.54) is 13.8 Å². The molecule has 0 aliphatic carbocycles. The molecule has 0 fully saturated rings. The number of benzene rings is 2. The van der Waals surface area contributed by atoms with Crippen LogP contribution in [-0.4, -0.2) is 61.3 Å². The second-order valence-corrected chi connectivity index (χ2v) is 9.16. The summed E-state index contributed by atoms with van der Waals surface area (Å²) in [6, 6.07) is 14.8. The summed E-state index contributed by atoms with van der Waals surface area (Å²) in [7, 11) is 0. The van der Waals surface area contributed by atoms with Gasteiger partial charge in [0.1, 0.15) is 11.5 Å². The Hall–Kier alpha value is -4.74. The highest BCUT2D eigenvalue weighted by Gasteiger charge is 2.15. The van der Waals surface area contributed by atoms with Crippen molar-refractivity contribution in [1.29, 1.82) is 0 Å². The fourth-order valence-corrected chi connectivity index (χ4v) is 3.94. The molecule has 0 spiro atoms. The number of nitrogens with one attached hydrogen (secondary N) is 2. The molecular weight excluding hydrogens is 536 g/mol. The standard InChI is InChI=1S/C30H42N8O4/c1-7-37(8-2)25-15-11-23(12-16-25)33-35-27(21(5)39)29(41)31-19-20-32-30(42)28(22(6)40)36-34-24-13-17-26(18-14-24)38(9-3)10-4/h11-18,39-40H,7-10,19-20H2,1-6H3,(H,31,41)(H,32,42)/b27-21-,28-22+,35-33?,36-34?. The predicted octanol–water partition coefficient (Wildman–Crippen LogP) is 6.06. The van der Waals surface area contributed by atoms with Gasteiger partial charge >= 0.3 is 0 Å². The van der Waals surface area contributed by atoms with E-state index in [0.717, 1.165) is 37.6 Å². The van der Waals surface area contributed by atoms with E-state index in [4.69, 9.17) is 0 Å². The van der Waals surface area contributed by atoms with Crippen molar-refractivity contribution < 1.29 is 19.8 Å². The minimum absolute atomic E-state index is 0.0250. The van der Waals surface area contributed by atoms with Gasteiger partial charge in [0.25, 0.3) is 11.8 Å². The molecule has 226 valence electrons. The number of rotatable bonds is 15. The fourth-order valence-electron chi connectivity index (χ4n) is 3.94. The van der Waals surface area contributed by atoms with Crippen molar-refractivity contribution in [3.05, 3.63) is 71.4 Å². The highest BCUT2D eigenvalue weighted by molar-refractivity contribution is 5.94. The zero-order valence-electron chi connectivity index (χ0n) is 25.3. The highest BCUT2D eigenvalue weighted by atomic mass is 16.3. The zero-order chi connectivity index (χ0) is 31.1. The van der Waals surface area contributed by atoms with Gasteiger partial charge in [-0.1, -0.05) is 0 Å². The van der Waals surface area contributed by atoms with Gasteiger partial charge in [0.15, 0.2) is 11.4 Å². The number of anilines is 2. The highest BCUT2D eigenvalue weighted by Crippen LogP contribution is 2.22. The van der Waals surface area contributed by atoms with Gasteiger partial charge in [-0.05, 0) is 90.1 Å². The van der Waals surface area contributed by atoms with E-state index >= 15 is 0 Å². The number of aliphatic hydroxyl groups is 2. The summed E-state index contributed by atoms with van der Waals surface area (Å²) in [4.78, 5) is 29.6. The minimum atomic E-state index is -0.658. The van der Waals surface area contributed by atoms with Crippen LogP contribution in [0, 0.1) is 0 Å². The fraction of sp³-hybridized carbons (Fsp3) is 0.400. The van der Waals surface area contributed by atoms with E-state index < -0.39 is 11.8 Å². The molecule has 0 heterocycles. The first-order valence-electron chi connectivity index (χ1n) is 14.0. The van der Waals surface area contributed by atoms with Crippen LogP contribution < -0.4 is 20.4 Å². The van der Waals surface area contributed by atoms with Crippen LogP contribution in [0.15, 0.2) is 91.9 Å². The number of hydrogen-bond donors (Lipinski definition) is 4. The summed E-state index contributed by atoms with van der Waals surface area (Å²) < 4.78 is 0. The molecule has 0 saturated heterocycles. The molecule has 2 amide bonds. The Labute approximate surface area is 247 Å². The molecule has 2 aromatic rings. The summed E-state index contributed by atoms with van der Waals surface area (Å²) in [5.74, 6) is -1.91. The molecule has 0 saturated carbocycles. The van der Waals surface area contributed by atoms with Gasteiger partial charge in [0.05, 0.1) is 11.4 Å². The maximum atomic E-state index is 12.6. The first-order chi connectivity index (χ1) is 20.1. The molecule has 0 radical (unpaired) electrons. The van der Waals surface area contributed by atoms with E-state index in [9.17, 15) is 19.8 Å². The normalized spacial score (nSPS) is 12.6. The average molecular weight is 579 g/mol. The van der Waals surface area contributed by atoms with Gasteiger partial charge in [-0.2, -0.15) is 10.2 Å². The third kappa shape index (κ3) is 10.0. The smallest absolute Gasteiger partial charge is 0.275 e. The summed E-state index contributed by atoms with van der Waals surface area (Å²) in [6.07, 6.45) is 0. The largest absolute Gasteiger partial charge is 0.510 e.